The number of esters is 1. The SMILES string of the molecule is COC(=O)[C@@H](Cc1ccccc1)NC(=O)CN(C(=O)[C@H](/C=C/c1ccccc1)Nc1ccc(OC)cc1OC)c1ccc(OC)cc1. The number of benzene rings is 4. The Morgan fingerprint density at radius 2 is 1.40 bits per heavy atom. The van der Waals surface area contributed by atoms with Crippen LogP contribution in [-0.4, -0.2) is 64.9 Å². The van der Waals surface area contributed by atoms with Crippen molar-refractivity contribution < 1.29 is 33.3 Å². The second-order valence-corrected chi connectivity index (χ2v) is 10.4. The van der Waals surface area contributed by atoms with E-state index in [0.717, 1.165) is 11.1 Å². The first-order valence-corrected chi connectivity index (χ1v) is 14.9. The third-order valence-electron chi connectivity index (χ3n) is 7.32. The van der Waals surface area contributed by atoms with Gasteiger partial charge in [-0.1, -0.05) is 72.8 Å². The molecule has 47 heavy (non-hydrogen) atoms. The van der Waals surface area contributed by atoms with Gasteiger partial charge in [0.25, 0.3) is 5.91 Å². The van der Waals surface area contributed by atoms with E-state index in [1.165, 1.54) is 19.1 Å². The van der Waals surface area contributed by atoms with Crippen molar-refractivity contribution in [2.45, 2.75) is 18.5 Å². The summed E-state index contributed by atoms with van der Waals surface area (Å²) in [6, 6.07) is 28.9. The summed E-state index contributed by atoms with van der Waals surface area (Å²) < 4.78 is 21.2. The van der Waals surface area contributed by atoms with Gasteiger partial charge in [-0.2, -0.15) is 0 Å². The third-order valence-corrected chi connectivity index (χ3v) is 7.32. The van der Waals surface area contributed by atoms with Crippen molar-refractivity contribution in [2.24, 2.45) is 0 Å². The van der Waals surface area contributed by atoms with Crippen LogP contribution >= 0.6 is 0 Å². The Labute approximate surface area is 274 Å². The molecule has 10 nitrogen and oxygen atoms in total. The normalized spacial score (nSPS) is 12.0. The summed E-state index contributed by atoms with van der Waals surface area (Å²) in [4.78, 5) is 42.1. The molecule has 0 saturated carbocycles. The van der Waals surface area contributed by atoms with Crippen molar-refractivity contribution in [1.29, 1.82) is 0 Å². The van der Waals surface area contributed by atoms with E-state index in [2.05, 4.69) is 10.6 Å². The number of amides is 2. The number of nitrogens with one attached hydrogen (secondary N) is 2. The van der Waals surface area contributed by atoms with Crippen molar-refractivity contribution >= 4 is 35.2 Å². The Balaban J connectivity index is 1.68. The van der Waals surface area contributed by atoms with E-state index in [4.69, 9.17) is 18.9 Å². The van der Waals surface area contributed by atoms with Crippen LogP contribution in [0.3, 0.4) is 0 Å². The topological polar surface area (TPSA) is 115 Å². The first-order chi connectivity index (χ1) is 22.8. The zero-order valence-corrected chi connectivity index (χ0v) is 26.8. The fourth-order valence-electron chi connectivity index (χ4n) is 4.84. The molecule has 2 amide bonds. The van der Waals surface area contributed by atoms with Gasteiger partial charge >= 0.3 is 5.97 Å². The molecule has 244 valence electrons. The number of rotatable bonds is 15. The van der Waals surface area contributed by atoms with Gasteiger partial charge in [0.05, 0.1) is 34.1 Å². The molecule has 0 bridgehead atoms. The van der Waals surface area contributed by atoms with E-state index >= 15 is 0 Å². The third kappa shape index (κ3) is 9.61. The van der Waals surface area contributed by atoms with Crippen molar-refractivity contribution in [3.63, 3.8) is 0 Å². The minimum atomic E-state index is -0.960. The van der Waals surface area contributed by atoms with E-state index in [1.54, 1.807) is 62.8 Å². The van der Waals surface area contributed by atoms with Crippen LogP contribution < -0.4 is 29.7 Å². The summed E-state index contributed by atoms with van der Waals surface area (Å²) in [6.45, 7) is -0.384. The molecule has 2 atom stereocenters. The van der Waals surface area contributed by atoms with Crippen LogP contribution in [-0.2, 0) is 25.5 Å². The molecule has 2 N–H and O–H groups in total. The van der Waals surface area contributed by atoms with Gasteiger partial charge in [0.1, 0.15) is 35.9 Å². The van der Waals surface area contributed by atoms with Gasteiger partial charge in [-0.3, -0.25) is 9.59 Å². The largest absolute Gasteiger partial charge is 0.497 e. The standard InChI is InChI=1S/C37H39N3O7/c1-44-29-18-16-28(17-19-29)40(25-35(41)39-33(37(43)47-4)23-27-13-9-6-10-14-27)36(42)32(21-15-26-11-7-5-8-12-26)38-31-22-20-30(45-2)24-34(31)46-3/h5-22,24,32-33,38H,23,25H2,1-4H3,(H,39,41)/b21-15+/t32-,33+/m0/s1. The molecule has 4 aromatic rings. The number of ether oxygens (including phenoxy) is 4. The van der Waals surface area contributed by atoms with Crippen LogP contribution in [0.2, 0.25) is 0 Å². The molecule has 0 spiro atoms. The first-order valence-electron chi connectivity index (χ1n) is 14.9. The summed E-state index contributed by atoms with van der Waals surface area (Å²) in [6.07, 6.45) is 3.77. The highest BCUT2D eigenvalue weighted by Gasteiger charge is 2.29. The van der Waals surface area contributed by atoms with E-state index in [9.17, 15) is 14.4 Å². The molecule has 0 saturated heterocycles. The molecule has 0 radical (unpaired) electrons. The maximum atomic E-state index is 14.5. The Bertz CT molecular complexity index is 1640. The van der Waals surface area contributed by atoms with Crippen LogP contribution in [0.15, 0.2) is 109 Å². The van der Waals surface area contributed by atoms with E-state index in [0.29, 0.717) is 28.6 Å². The van der Waals surface area contributed by atoms with Crippen LogP contribution in [0.1, 0.15) is 11.1 Å². The molecule has 0 aliphatic rings. The average molecular weight is 638 g/mol. The summed E-state index contributed by atoms with van der Waals surface area (Å²) in [5, 5.41) is 6.04. The number of anilines is 2. The summed E-state index contributed by atoms with van der Waals surface area (Å²) in [7, 11) is 5.89. The highest BCUT2D eigenvalue weighted by Crippen LogP contribution is 2.30. The smallest absolute Gasteiger partial charge is 0.328 e. The minimum Gasteiger partial charge on any atom is -0.497 e. The number of carbonyl (C=O) groups is 3. The maximum absolute atomic E-state index is 14.5. The van der Waals surface area contributed by atoms with Crippen molar-refractivity contribution in [3.8, 4) is 17.2 Å². The lowest BCUT2D eigenvalue weighted by Crippen LogP contribution is -2.50. The molecule has 0 fully saturated rings. The molecule has 0 aliphatic carbocycles. The van der Waals surface area contributed by atoms with Gasteiger partial charge in [0, 0.05) is 18.2 Å². The average Bonchev–Trinajstić information content (AvgIpc) is 3.12. The Morgan fingerprint density at radius 3 is 2.02 bits per heavy atom. The van der Waals surface area contributed by atoms with Gasteiger partial charge < -0.3 is 34.5 Å². The quantitative estimate of drug-likeness (QED) is 0.172. The van der Waals surface area contributed by atoms with E-state index in [1.807, 2.05) is 66.7 Å². The fraction of sp³-hybridized carbons (Fsp3) is 0.216. The number of hydrogen-bond acceptors (Lipinski definition) is 8. The highest BCUT2D eigenvalue weighted by atomic mass is 16.5. The second kappa shape index (κ2) is 17.1. The maximum Gasteiger partial charge on any atom is 0.328 e. The molecular formula is C37H39N3O7. The minimum absolute atomic E-state index is 0.219. The zero-order chi connectivity index (χ0) is 33.6. The highest BCUT2D eigenvalue weighted by molar-refractivity contribution is 6.04. The zero-order valence-electron chi connectivity index (χ0n) is 26.8. The number of nitrogens with zero attached hydrogens (tertiary/aromatic N) is 1. The lowest BCUT2D eigenvalue weighted by atomic mass is 10.1. The van der Waals surface area contributed by atoms with Crippen molar-refractivity contribution in [2.75, 3.05) is 45.2 Å². The number of carbonyl (C=O) groups excluding carboxylic acids is 3. The molecule has 10 heteroatoms. The van der Waals surface area contributed by atoms with Crippen LogP contribution in [0, 0.1) is 0 Å². The van der Waals surface area contributed by atoms with E-state index in [-0.39, 0.29) is 13.0 Å². The predicted octanol–water partition coefficient (Wildman–Crippen LogP) is 5.14. The molecule has 0 heterocycles. The summed E-state index contributed by atoms with van der Waals surface area (Å²) in [5.41, 5.74) is 2.71. The summed E-state index contributed by atoms with van der Waals surface area (Å²) in [5.74, 6) is 0.0526. The van der Waals surface area contributed by atoms with Crippen LogP contribution in [0.4, 0.5) is 11.4 Å². The van der Waals surface area contributed by atoms with Gasteiger partial charge in [0.15, 0.2) is 0 Å². The Hall–Kier alpha value is -5.77. The lowest BCUT2D eigenvalue weighted by molar-refractivity contribution is -0.144. The monoisotopic (exact) mass is 637 g/mol. The van der Waals surface area contributed by atoms with Crippen LogP contribution in [0.25, 0.3) is 6.08 Å². The Kier molecular flexibility index (Phi) is 12.4. The Morgan fingerprint density at radius 1 is 0.766 bits per heavy atom. The van der Waals surface area contributed by atoms with Crippen molar-refractivity contribution in [3.05, 3.63) is 120 Å². The number of methoxy groups -OCH3 is 4. The van der Waals surface area contributed by atoms with Gasteiger partial charge in [-0.25, -0.2) is 4.79 Å². The molecule has 4 rings (SSSR count). The predicted molar refractivity (Wildman–Crippen MR) is 182 cm³/mol. The lowest BCUT2D eigenvalue weighted by Gasteiger charge is -2.28. The van der Waals surface area contributed by atoms with Gasteiger partial charge in [-0.05, 0) is 47.5 Å². The second-order valence-electron chi connectivity index (χ2n) is 10.4. The molecular weight excluding hydrogens is 598 g/mol. The summed E-state index contributed by atoms with van der Waals surface area (Å²) >= 11 is 0. The van der Waals surface area contributed by atoms with Gasteiger partial charge in [0.2, 0.25) is 5.91 Å². The first kappa shape index (κ1) is 34.1. The number of hydrogen-bond donors (Lipinski definition) is 2. The fourth-order valence-corrected chi connectivity index (χ4v) is 4.84. The molecule has 0 aliphatic heterocycles. The molecule has 0 aromatic heterocycles. The van der Waals surface area contributed by atoms with Crippen molar-refractivity contribution in [1.82, 2.24) is 5.32 Å². The molecule has 4 aromatic carbocycles. The van der Waals surface area contributed by atoms with E-state index < -0.39 is 29.9 Å². The molecule has 0 unspecified atom stereocenters. The van der Waals surface area contributed by atoms with Crippen LogP contribution in [0.5, 0.6) is 17.2 Å². The van der Waals surface area contributed by atoms with Gasteiger partial charge in [-0.15, -0.1) is 0 Å².